The minimum absolute atomic E-state index is 0.0739. The number of hydrogen-bond donors (Lipinski definition) is 0. The minimum atomic E-state index is -0.0739. The molecule has 0 aliphatic rings. The van der Waals surface area contributed by atoms with Crippen LogP contribution in [0, 0.1) is 0 Å². The van der Waals surface area contributed by atoms with Crippen LogP contribution >= 0.6 is 23.2 Å². The number of ether oxygens (including phenoxy) is 1. The number of benzene rings is 2. The number of carbonyl (C=O) groups excluding carboxylic acids is 1. The van der Waals surface area contributed by atoms with Crippen LogP contribution in [0.1, 0.15) is 47.2 Å². The van der Waals surface area contributed by atoms with Crippen molar-refractivity contribution in [1.82, 2.24) is 0 Å². The molecule has 0 unspecified atom stereocenters. The third kappa shape index (κ3) is 5.28. The SMILES string of the molecule is CC(C)c1ccc(C(=O)/C=C/c2ccc(COc3cc(Cl)ccc3Cl)o2)cc1. The van der Waals surface area contributed by atoms with E-state index in [-0.39, 0.29) is 12.4 Å². The van der Waals surface area contributed by atoms with Gasteiger partial charge in [0.25, 0.3) is 0 Å². The van der Waals surface area contributed by atoms with Gasteiger partial charge in [-0.1, -0.05) is 61.3 Å². The van der Waals surface area contributed by atoms with Gasteiger partial charge < -0.3 is 9.15 Å². The predicted octanol–water partition coefficient (Wildman–Crippen LogP) is 7.18. The number of ketones is 1. The number of hydrogen-bond acceptors (Lipinski definition) is 3. The highest BCUT2D eigenvalue weighted by atomic mass is 35.5. The summed E-state index contributed by atoms with van der Waals surface area (Å²) in [7, 11) is 0. The van der Waals surface area contributed by atoms with Crippen LogP contribution in [0.2, 0.25) is 10.0 Å². The third-order valence-corrected chi connectivity index (χ3v) is 4.75. The molecule has 0 N–H and O–H groups in total. The Bertz CT molecular complexity index is 985. The van der Waals surface area contributed by atoms with Gasteiger partial charge in [0.05, 0.1) is 5.02 Å². The van der Waals surface area contributed by atoms with Crippen LogP contribution in [0.4, 0.5) is 0 Å². The van der Waals surface area contributed by atoms with E-state index in [2.05, 4.69) is 13.8 Å². The van der Waals surface area contributed by atoms with Crippen molar-refractivity contribution in [3.05, 3.63) is 93.4 Å². The molecule has 0 aliphatic carbocycles. The zero-order valence-corrected chi connectivity index (χ0v) is 17.1. The molecule has 0 radical (unpaired) electrons. The number of halogens is 2. The van der Waals surface area contributed by atoms with Crippen molar-refractivity contribution in [2.24, 2.45) is 0 Å². The molecule has 2 aromatic carbocycles. The normalized spacial score (nSPS) is 11.3. The van der Waals surface area contributed by atoms with E-state index in [1.54, 1.807) is 36.4 Å². The Balaban J connectivity index is 1.60. The lowest BCUT2D eigenvalue weighted by Crippen LogP contribution is -1.95. The highest BCUT2D eigenvalue weighted by Crippen LogP contribution is 2.28. The lowest BCUT2D eigenvalue weighted by Gasteiger charge is -2.06. The van der Waals surface area contributed by atoms with Crippen LogP contribution in [0.3, 0.4) is 0 Å². The first-order chi connectivity index (χ1) is 13.4. The third-order valence-electron chi connectivity index (χ3n) is 4.21. The molecule has 3 aromatic rings. The molecular weight excluding hydrogens is 395 g/mol. The largest absolute Gasteiger partial charge is 0.484 e. The Hall–Kier alpha value is -2.49. The first-order valence-electron chi connectivity index (χ1n) is 8.91. The number of allylic oxidation sites excluding steroid dienone is 1. The molecule has 0 atom stereocenters. The molecule has 0 aliphatic heterocycles. The van der Waals surface area contributed by atoms with Crippen LogP contribution in [0.15, 0.2) is 65.1 Å². The van der Waals surface area contributed by atoms with Crippen molar-refractivity contribution in [2.75, 3.05) is 0 Å². The summed E-state index contributed by atoms with van der Waals surface area (Å²) >= 11 is 12.0. The Morgan fingerprint density at radius 3 is 2.54 bits per heavy atom. The molecule has 28 heavy (non-hydrogen) atoms. The zero-order valence-electron chi connectivity index (χ0n) is 15.6. The maximum Gasteiger partial charge on any atom is 0.185 e. The van der Waals surface area contributed by atoms with Crippen molar-refractivity contribution in [1.29, 1.82) is 0 Å². The summed E-state index contributed by atoms with van der Waals surface area (Å²) in [5.41, 5.74) is 1.85. The van der Waals surface area contributed by atoms with Gasteiger partial charge in [-0.15, -0.1) is 0 Å². The predicted molar refractivity (Wildman–Crippen MR) is 113 cm³/mol. The van der Waals surface area contributed by atoms with Gasteiger partial charge in [-0.2, -0.15) is 0 Å². The van der Waals surface area contributed by atoms with E-state index in [9.17, 15) is 4.79 Å². The summed E-state index contributed by atoms with van der Waals surface area (Å²) in [5, 5.41) is 1.02. The second kappa shape index (κ2) is 9.13. The molecule has 144 valence electrons. The average Bonchev–Trinajstić information content (AvgIpc) is 3.14. The van der Waals surface area contributed by atoms with Crippen molar-refractivity contribution >= 4 is 35.1 Å². The lowest BCUT2D eigenvalue weighted by atomic mass is 10.0. The van der Waals surface area contributed by atoms with Gasteiger partial charge >= 0.3 is 0 Å². The van der Waals surface area contributed by atoms with E-state index in [1.807, 2.05) is 24.3 Å². The molecule has 3 nitrogen and oxygen atoms in total. The summed E-state index contributed by atoms with van der Waals surface area (Å²) in [6.45, 7) is 4.45. The Morgan fingerprint density at radius 2 is 1.82 bits per heavy atom. The maximum absolute atomic E-state index is 12.3. The van der Waals surface area contributed by atoms with Crippen molar-refractivity contribution in [3.8, 4) is 5.75 Å². The smallest absolute Gasteiger partial charge is 0.185 e. The first kappa shape index (κ1) is 20.2. The quantitative estimate of drug-likeness (QED) is 0.303. The topological polar surface area (TPSA) is 39.4 Å². The Labute approximate surface area is 174 Å². The molecule has 0 amide bonds. The van der Waals surface area contributed by atoms with Gasteiger partial charge in [-0.05, 0) is 47.9 Å². The van der Waals surface area contributed by atoms with Crippen molar-refractivity contribution in [3.63, 3.8) is 0 Å². The van der Waals surface area contributed by atoms with Gasteiger partial charge in [-0.25, -0.2) is 0 Å². The summed E-state index contributed by atoms with van der Waals surface area (Å²) in [6, 6.07) is 16.2. The number of furan rings is 1. The second-order valence-corrected chi connectivity index (χ2v) is 7.49. The van der Waals surface area contributed by atoms with Crippen molar-refractivity contribution in [2.45, 2.75) is 26.4 Å². The van der Waals surface area contributed by atoms with Crippen LogP contribution < -0.4 is 4.74 Å². The molecule has 1 aromatic heterocycles. The van der Waals surface area contributed by atoms with E-state index >= 15 is 0 Å². The molecule has 0 bridgehead atoms. The van der Waals surface area contributed by atoms with E-state index in [0.717, 1.165) is 0 Å². The molecule has 0 spiro atoms. The van der Waals surface area contributed by atoms with E-state index < -0.39 is 0 Å². The van der Waals surface area contributed by atoms with E-state index in [0.29, 0.717) is 38.8 Å². The average molecular weight is 415 g/mol. The zero-order chi connectivity index (χ0) is 20.1. The molecule has 0 saturated heterocycles. The molecule has 5 heteroatoms. The number of rotatable bonds is 7. The maximum atomic E-state index is 12.3. The highest BCUT2D eigenvalue weighted by molar-refractivity contribution is 6.34. The first-order valence-corrected chi connectivity index (χ1v) is 9.67. The lowest BCUT2D eigenvalue weighted by molar-refractivity contribution is 0.104. The standard InChI is InChI=1S/C23H20Cl2O3/c1-15(2)16-3-5-17(6-4-16)22(26)12-10-19-8-9-20(28-19)14-27-23-13-18(24)7-11-21(23)25/h3-13,15H,14H2,1-2H3/b12-10+. The van der Waals surface area contributed by atoms with E-state index in [1.165, 1.54) is 11.6 Å². The summed E-state index contributed by atoms with van der Waals surface area (Å²) < 4.78 is 11.3. The molecule has 1 heterocycles. The molecular formula is C23H20Cl2O3. The monoisotopic (exact) mass is 414 g/mol. The Kier molecular flexibility index (Phi) is 6.61. The van der Waals surface area contributed by atoms with Crippen LogP contribution in [0.5, 0.6) is 5.75 Å². The molecule has 3 rings (SSSR count). The summed E-state index contributed by atoms with van der Waals surface area (Å²) in [6.07, 6.45) is 3.15. The fourth-order valence-electron chi connectivity index (χ4n) is 2.58. The highest BCUT2D eigenvalue weighted by Gasteiger charge is 2.07. The summed E-state index contributed by atoms with van der Waals surface area (Å²) in [4.78, 5) is 12.3. The van der Waals surface area contributed by atoms with Gasteiger partial charge in [0.1, 0.15) is 23.9 Å². The molecule has 0 saturated carbocycles. The van der Waals surface area contributed by atoms with E-state index in [4.69, 9.17) is 32.4 Å². The van der Waals surface area contributed by atoms with Crippen LogP contribution in [0.25, 0.3) is 6.08 Å². The molecule has 0 fully saturated rings. The van der Waals surface area contributed by atoms with Gasteiger partial charge in [-0.3, -0.25) is 4.79 Å². The van der Waals surface area contributed by atoms with Crippen molar-refractivity contribution < 1.29 is 13.9 Å². The Morgan fingerprint density at radius 1 is 1.07 bits per heavy atom. The van der Waals surface area contributed by atoms with Crippen LogP contribution in [-0.2, 0) is 6.61 Å². The van der Waals surface area contributed by atoms with Crippen LogP contribution in [-0.4, -0.2) is 5.78 Å². The number of carbonyl (C=O) groups is 1. The fraction of sp³-hybridized carbons (Fsp3) is 0.174. The van der Waals surface area contributed by atoms with Gasteiger partial charge in [0.15, 0.2) is 5.78 Å². The fourth-order valence-corrected chi connectivity index (χ4v) is 2.92. The summed E-state index contributed by atoms with van der Waals surface area (Å²) in [5.74, 6) is 2.04. The minimum Gasteiger partial charge on any atom is -0.484 e. The van der Waals surface area contributed by atoms with Gasteiger partial charge in [0.2, 0.25) is 0 Å². The van der Waals surface area contributed by atoms with Gasteiger partial charge in [0, 0.05) is 16.7 Å². The second-order valence-electron chi connectivity index (χ2n) is 6.64.